The van der Waals surface area contributed by atoms with Crippen LogP contribution in [0, 0.1) is 11.7 Å². The van der Waals surface area contributed by atoms with Crippen molar-refractivity contribution in [2.75, 3.05) is 19.6 Å². The number of fused-ring (bicyclic) bond motifs is 1. The van der Waals surface area contributed by atoms with Crippen LogP contribution in [0.4, 0.5) is 4.39 Å². The van der Waals surface area contributed by atoms with Gasteiger partial charge in [-0.15, -0.1) is 0 Å². The van der Waals surface area contributed by atoms with Gasteiger partial charge in [-0.05, 0) is 31.4 Å². The quantitative estimate of drug-likeness (QED) is 0.814. The minimum atomic E-state index is -0.560. The van der Waals surface area contributed by atoms with Crippen molar-refractivity contribution in [2.45, 2.75) is 45.6 Å². The van der Waals surface area contributed by atoms with E-state index in [9.17, 15) is 18.8 Å². The van der Waals surface area contributed by atoms with Gasteiger partial charge in [0.2, 0.25) is 5.91 Å². The first kappa shape index (κ1) is 21.2. The average molecular weight is 426 g/mol. The summed E-state index contributed by atoms with van der Waals surface area (Å²) in [5, 5.41) is 0. The first-order valence-electron chi connectivity index (χ1n) is 10.8. The molecule has 8 heteroatoms. The fraction of sp³-hybridized carbons (Fsp3) is 0.478. The second kappa shape index (κ2) is 8.61. The summed E-state index contributed by atoms with van der Waals surface area (Å²) in [4.78, 5) is 48.9. The first-order chi connectivity index (χ1) is 14.9. The second-order valence-corrected chi connectivity index (χ2v) is 8.41. The molecule has 4 rings (SSSR count). The second-order valence-electron chi connectivity index (χ2n) is 8.41. The summed E-state index contributed by atoms with van der Waals surface area (Å²) in [5.41, 5.74) is 0.962. The number of likely N-dealkylation sites (tertiary alicyclic amines) is 1. The highest BCUT2D eigenvalue weighted by atomic mass is 19.1. The molecule has 0 radical (unpaired) electrons. The molecule has 0 aliphatic carbocycles. The number of H-pyrrole nitrogens is 1. The summed E-state index contributed by atoms with van der Waals surface area (Å²) in [6, 6.07) is 5.90. The van der Waals surface area contributed by atoms with Crippen LogP contribution in [0.15, 0.2) is 29.1 Å². The van der Waals surface area contributed by atoms with Gasteiger partial charge in [-0.1, -0.05) is 26.0 Å². The summed E-state index contributed by atoms with van der Waals surface area (Å²) in [6.45, 7) is 5.60. The lowest BCUT2D eigenvalue weighted by Crippen LogP contribution is -2.40. The summed E-state index contributed by atoms with van der Waals surface area (Å²) in [5.74, 6) is -0.334. The molecule has 1 N–H and O–H groups in total. The molecule has 1 saturated heterocycles. The van der Waals surface area contributed by atoms with Crippen LogP contribution in [0.1, 0.15) is 60.0 Å². The van der Waals surface area contributed by atoms with Crippen molar-refractivity contribution in [1.29, 1.82) is 0 Å². The topological polar surface area (TPSA) is 86.4 Å². The van der Waals surface area contributed by atoms with Crippen LogP contribution in [-0.2, 0) is 17.8 Å². The Morgan fingerprint density at radius 2 is 2.03 bits per heavy atom. The fourth-order valence-electron chi connectivity index (χ4n) is 4.30. The maximum atomic E-state index is 14.1. The van der Waals surface area contributed by atoms with Gasteiger partial charge in [-0.25, -0.2) is 9.37 Å². The van der Waals surface area contributed by atoms with E-state index in [0.29, 0.717) is 43.1 Å². The highest BCUT2D eigenvalue weighted by molar-refractivity contribution is 5.94. The molecule has 2 aliphatic heterocycles. The van der Waals surface area contributed by atoms with Gasteiger partial charge < -0.3 is 14.8 Å². The SMILES string of the molecule is CCC(C)C(=O)N1CCC(c2nc3c(c(=O)[nH]2)CCN(C(=O)c2ccccc2F)C3)C1. The Bertz CT molecular complexity index is 1070. The lowest BCUT2D eigenvalue weighted by molar-refractivity contribution is -0.134. The lowest BCUT2D eigenvalue weighted by atomic mass is 10.0. The summed E-state index contributed by atoms with van der Waals surface area (Å²) < 4.78 is 14.1. The number of benzene rings is 1. The van der Waals surface area contributed by atoms with Crippen LogP contribution >= 0.6 is 0 Å². The van der Waals surface area contributed by atoms with Crippen molar-refractivity contribution in [3.63, 3.8) is 0 Å². The van der Waals surface area contributed by atoms with Crippen LogP contribution in [0.25, 0.3) is 0 Å². The molecular weight excluding hydrogens is 399 g/mol. The van der Waals surface area contributed by atoms with Gasteiger partial charge in [0.05, 0.1) is 17.8 Å². The van der Waals surface area contributed by atoms with Gasteiger partial charge in [0.1, 0.15) is 11.6 Å². The minimum Gasteiger partial charge on any atom is -0.342 e. The van der Waals surface area contributed by atoms with Crippen molar-refractivity contribution in [3.05, 3.63) is 63.1 Å². The number of hydrogen-bond donors (Lipinski definition) is 1. The Morgan fingerprint density at radius 3 is 2.77 bits per heavy atom. The smallest absolute Gasteiger partial charge is 0.257 e. The predicted molar refractivity (Wildman–Crippen MR) is 113 cm³/mol. The fourth-order valence-corrected chi connectivity index (χ4v) is 4.30. The Morgan fingerprint density at radius 1 is 1.26 bits per heavy atom. The number of rotatable bonds is 4. The largest absolute Gasteiger partial charge is 0.342 e. The molecule has 1 aromatic carbocycles. The number of carbonyl (C=O) groups is 2. The molecule has 1 fully saturated rings. The molecule has 3 heterocycles. The highest BCUT2D eigenvalue weighted by Crippen LogP contribution is 2.27. The molecule has 164 valence electrons. The maximum Gasteiger partial charge on any atom is 0.257 e. The van der Waals surface area contributed by atoms with Crippen LogP contribution in [0.3, 0.4) is 0 Å². The number of aromatic nitrogens is 2. The van der Waals surface area contributed by atoms with E-state index >= 15 is 0 Å². The Labute approximate surface area is 180 Å². The molecule has 7 nitrogen and oxygen atoms in total. The number of nitrogens with zero attached hydrogens (tertiary/aromatic N) is 3. The van der Waals surface area contributed by atoms with Crippen molar-refractivity contribution in [1.82, 2.24) is 19.8 Å². The number of aromatic amines is 1. The third kappa shape index (κ3) is 4.11. The lowest BCUT2D eigenvalue weighted by Gasteiger charge is -2.28. The number of amides is 2. The molecular formula is C23H27FN4O3. The monoisotopic (exact) mass is 426 g/mol. The zero-order valence-corrected chi connectivity index (χ0v) is 17.9. The molecule has 2 atom stereocenters. The van der Waals surface area contributed by atoms with Crippen LogP contribution in [-0.4, -0.2) is 51.2 Å². The normalized spacial score (nSPS) is 19.3. The predicted octanol–water partition coefficient (Wildman–Crippen LogP) is 2.47. The third-order valence-corrected chi connectivity index (χ3v) is 6.40. The summed E-state index contributed by atoms with van der Waals surface area (Å²) in [6.07, 6.45) is 1.91. The van der Waals surface area contributed by atoms with Crippen molar-refractivity contribution in [3.8, 4) is 0 Å². The standard InChI is InChI=1S/C23H27FN4O3/c1-3-14(2)22(30)27-10-8-15(12-27)20-25-19-13-28(11-9-17(19)21(29)26-20)23(31)16-6-4-5-7-18(16)24/h4-7,14-15H,3,8-13H2,1-2H3,(H,25,26,29). The van der Waals surface area contributed by atoms with Crippen molar-refractivity contribution >= 4 is 11.8 Å². The third-order valence-electron chi connectivity index (χ3n) is 6.40. The molecule has 31 heavy (non-hydrogen) atoms. The van der Waals surface area contributed by atoms with E-state index in [-0.39, 0.29) is 35.4 Å². The van der Waals surface area contributed by atoms with Crippen molar-refractivity contribution < 1.29 is 14.0 Å². The van der Waals surface area contributed by atoms with Crippen LogP contribution in [0.5, 0.6) is 0 Å². The van der Waals surface area contributed by atoms with E-state index in [1.54, 1.807) is 12.1 Å². The first-order valence-corrected chi connectivity index (χ1v) is 10.8. The molecule has 0 spiro atoms. The number of carbonyl (C=O) groups excluding carboxylic acids is 2. The number of hydrogen-bond acceptors (Lipinski definition) is 4. The van der Waals surface area contributed by atoms with Crippen LogP contribution < -0.4 is 5.56 Å². The Balaban J connectivity index is 1.54. The molecule has 0 bridgehead atoms. The van der Waals surface area contributed by atoms with E-state index in [4.69, 9.17) is 0 Å². The van der Waals surface area contributed by atoms with E-state index in [0.717, 1.165) is 12.8 Å². The molecule has 2 aromatic rings. The van der Waals surface area contributed by atoms with Crippen LogP contribution in [0.2, 0.25) is 0 Å². The van der Waals surface area contributed by atoms with Gasteiger partial charge in [-0.3, -0.25) is 14.4 Å². The minimum absolute atomic E-state index is 0.0194. The zero-order chi connectivity index (χ0) is 22.1. The Hall–Kier alpha value is -3.03. The average Bonchev–Trinajstić information content (AvgIpc) is 3.28. The van der Waals surface area contributed by atoms with Gasteiger partial charge in [0.15, 0.2) is 0 Å². The molecule has 0 saturated carbocycles. The Kier molecular flexibility index (Phi) is 5.89. The maximum absolute atomic E-state index is 14.1. The highest BCUT2D eigenvalue weighted by Gasteiger charge is 2.32. The number of halogens is 1. The molecule has 2 aliphatic rings. The van der Waals surface area contributed by atoms with E-state index in [1.807, 2.05) is 18.7 Å². The van der Waals surface area contributed by atoms with E-state index in [2.05, 4.69) is 9.97 Å². The number of nitrogens with one attached hydrogen (secondary N) is 1. The molecule has 2 amide bonds. The zero-order valence-electron chi connectivity index (χ0n) is 17.9. The van der Waals surface area contributed by atoms with E-state index < -0.39 is 11.7 Å². The van der Waals surface area contributed by atoms with Gasteiger partial charge in [0, 0.05) is 37.0 Å². The van der Waals surface area contributed by atoms with E-state index in [1.165, 1.54) is 17.0 Å². The molecule has 2 unspecified atom stereocenters. The summed E-state index contributed by atoms with van der Waals surface area (Å²) in [7, 11) is 0. The van der Waals surface area contributed by atoms with Gasteiger partial charge >= 0.3 is 0 Å². The summed E-state index contributed by atoms with van der Waals surface area (Å²) >= 11 is 0. The van der Waals surface area contributed by atoms with Gasteiger partial charge in [-0.2, -0.15) is 0 Å². The van der Waals surface area contributed by atoms with Crippen molar-refractivity contribution in [2.24, 2.45) is 5.92 Å². The molecule has 1 aromatic heterocycles. The van der Waals surface area contributed by atoms with Gasteiger partial charge in [0.25, 0.3) is 11.5 Å².